The van der Waals surface area contributed by atoms with Gasteiger partial charge in [-0.25, -0.2) is 0 Å². The third-order valence-corrected chi connectivity index (χ3v) is 3.88. The van der Waals surface area contributed by atoms with Crippen LogP contribution in [-0.4, -0.2) is 20.0 Å². The van der Waals surface area contributed by atoms with E-state index in [2.05, 4.69) is 52.0 Å². The molecule has 0 spiro atoms. The third-order valence-electron chi connectivity index (χ3n) is 3.27. The van der Waals surface area contributed by atoms with E-state index in [1.807, 2.05) is 17.7 Å². The molecule has 0 aromatic carbocycles. The summed E-state index contributed by atoms with van der Waals surface area (Å²) in [6, 6.07) is 2.00. The van der Waals surface area contributed by atoms with E-state index in [1.54, 1.807) is 6.20 Å². The number of nitrogens with two attached hydrogens (primary N) is 1. The molecule has 2 N–H and O–H groups in total. The maximum absolute atomic E-state index is 6.49. The van der Waals surface area contributed by atoms with Crippen LogP contribution in [-0.2, 0) is 6.42 Å². The van der Waals surface area contributed by atoms with Gasteiger partial charge < -0.3 is 5.73 Å². The van der Waals surface area contributed by atoms with E-state index in [4.69, 9.17) is 5.73 Å². The fourth-order valence-corrected chi connectivity index (χ4v) is 2.80. The van der Waals surface area contributed by atoms with Crippen molar-refractivity contribution in [1.29, 1.82) is 0 Å². The van der Waals surface area contributed by atoms with Crippen LogP contribution in [0.4, 0.5) is 0 Å². The summed E-state index contributed by atoms with van der Waals surface area (Å²) in [5, 5.41) is 12.8. The van der Waals surface area contributed by atoms with Gasteiger partial charge in [0.2, 0.25) is 0 Å². The normalized spacial score (nSPS) is 12.9. The van der Waals surface area contributed by atoms with Gasteiger partial charge in [-0.3, -0.25) is 4.68 Å². The smallest absolute Gasteiger partial charge is 0.0754 e. The molecule has 0 saturated carbocycles. The minimum atomic E-state index is -0.265. The van der Waals surface area contributed by atoms with Crippen LogP contribution in [0, 0.1) is 6.92 Å². The van der Waals surface area contributed by atoms with Gasteiger partial charge in [0.1, 0.15) is 0 Å². The highest BCUT2D eigenvalue weighted by molar-refractivity contribution is 9.10. The molecule has 0 radical (unpaired) electrons. The molecule has 108 valence electrons. The Bertz CT molecular complexity index is 606. The van der Waals surface area contributed by atoms with E-state index in [0.29, 0.717) is 0 Å². The van der Waals surface area contributed by atoms with Crippen molar-refractivity contribution < 1.29 is 0 Å². The van der Waals surface area contributed by atoms with E-state index in [9.17, 15) is 0 Å². The maximum Gasteiger partial charge on any atom is 0.0754 e. The van der Waals surface area contributed by atoms with Crippen LogP contribution in [0.15, 0.2) is 16.7 Å². The second-order valence-electron chi connectivity index (χ2n) is 5.14. The van der Waals surface area contributed by atoms with Crippen molar-refractivity contribution in [3.05, 3.63) is 39.4 Å². The highest BCUT2D eigenvalue weighted by Gasteiger charge is 2.22. The van der Waals surface area contributed by atoms with Gasteiger partial charge in [-0.15, -0.1) is 0 Å². The van der Waals surface area contributed by atoms with Gasteiger partial charge in [-0.05, 0) is 49.2 Å². The summed E-state index contributed by atoms with van der Waals surface area (Å²) in [6.07, 6.45) is 2.60. The predicted octanol–water partition coefficient (Wildman–Crippen LogP) is 2.94. The summed E-state index contributed by atoms with van der Waals surface area (Å²) >= 11 is 3.55. The Kier molecular flexibility index (Phi) is 4.55. The van der Waals surface area contributed by atoms with E-state index < -0.39 is 0 Å². The first-order valence-electron chi connectivity index (χ1n) is 6.77. The van der Waals surface area contributed by atoms with Gasteiger partial charge in [0.05, 0.1) is 33.8 Å². The average molecular weight is 338 g/mol. The lowest BCUT2D eigenvalue weighted by Gasteiger charge is -2.19. The van der Waals surface area contributed by atoms with E-state index in [1.165, 1.54) is 0 Å². The zero-order valence-corrected chi connectivity index (χ0v) is 13.8. The van der Waals surface area contributed by atoms with Gasteiger partial charge in [-0.1, -0.05) is 6.92 Å². The second-order valence-corrected chi connectivity index (χ2v) is 5.99. The molecule has 0 aliphatic heterocycles. The number of hydrogen-bond acceptors (Lipinski definition) is 4. The molecule has 2 heterocycles. The summed E-state index contributed by atoms with van der Waals surface area (Å²) in [6.45, 7) is 8.17. The summed E-state index contributed by atoms with van der Waals surface area (Å²) in [5.74, 6) is 0. The highest BCUT2D eigenvalue weighted by Crippen LogP contribution is 2.30. The number of hydrogen-bond donors (Lipinski definition) is 1. The zero-order valence-electron chi connectivity index (χ0n) is 12.3. The molecule has 1 unspecified atom stereocenters. The molecule has 0 amide bonds. The number of aryl methyl sites for hydroxylation is 2. The van der Waals surface area contributed by atoms with Crippen molar-refractivity contribution in [2.45, 2.75) is 46.2 Å². The summed E-state index contributed by atoms with van der Waals surface area (Å²) in [7, 11) is 0. The number of nitrogens with zero attached hydrogens (tertiary/aromatic N) is 4. The molecule has 2 aromatic heterocycles. The zero-order chi connectivity index (χ0) is 14.9. The molecule has 0 bridgehead atoms. The Labute approximate surface area is 127 Å². The third kappa shape index (κ3) is 2.76. The Balaban J connectivity index is 2.54. The van der Waals surface area contributed by atoms with Crippen LogP contribution in [0.5, 0.6) is 0 Å². The fraction of sp³-hybridized carbons (Fsp3) is 0.500. The lowest BCUT2D eigenvalue weighted by atomic mass is 10.0. The lowest BCUT2D eigenvalue weighted by molar-refractivity contribution is 0.497. The van der Waals surface area contributed by atoms with E-state index >= 15 is 0 Å². The quantitative estimate of drug-likeness (QED) is 0.931. The molecular weight excluding hydrogens is 318 g/mol. The van der Waals surface area contributed by atoms with Crippen LogP contribution in [0.1, 0.15) is 55.5 Å². The van der Waals surface area contributed by atoms with Gasteiger partial charge in [0, 0.05) is 11.6 Å². The predicted molar refractivity (Wildman–Crippen MR) is 82.5 cm³/mol. The lowest BCUT2D eigenvalue weighted by Crippen LogP contribution is -2.21. The SMILES string of the molecule is CCc1nnc(C)cc1C(N)c1c(Br)cnn1C(C)C. The topological polar surface area (TPSA) is 69.6 Å². The molecule has 2 aromatic rings. The highest BCUT2D eigenvalue weighted by atomic mass is 79.9. The van der Waals surface area contributed by atoms with Crippen LogP contribution in [0.2, 0.25) is 0 Å². The standard InChI is InChI=1S/C14H20BrN5/c1-5-12-10(6-9(4)18-19-12)13(16)14-11(15)7-17-20(14)8(2)3/h6-8,13H,5,16H2,1-4H3. The Hall–Kier alpha value is -1.27. The molecule has 0 aliphatic rings. The minimum Gasteiger partial charge on any atom is -0.319 e. The fourth-order valence-electron chi connectivity index (χ4n) is 2.28. The van der Waals surface area contributed by atoms with E-state index in [-0.39, 0.29) is 12.1 Å². The van der Waals surface area contributed by atoms with Gasteiger partial charge in [0.15, 0.2) is 0 Å². The molecule has 5 nitrogen and oxygen atoms in total. The molecule has 0 saturated heterocycles. The second kappa shape index (κ2) is 6.01. The van der Waals surface area contributed by atoms with Crippen molar-refractivity contribution in [2.24, 2.45) is 5.73 Å². The summed E-state index contributed by atoms with van der Waals surface area (Å²) in [5.41, 5.74) is 10.3. The molecule has 20 heavy (non-hydrogen) atoms. The number of aromatic nitrogens is 4. The van der Waals surface area contributed by atoms with Crippen LogP contribution >= 0.6 is 15.9 Å². The molecule has 0 aliphatic carbocycles. The minimum absolute atomic E-state index is 0.253. The van der Waals surface area contributed by atoms with Crippen molar-refractivity contribution >= 4 is 15.9 Å². The number of halogens is 1. The first-order valence-corrected chi connectivity index (χ1v) is 7.56. The largest absolute Gasteiger partial charge is 0.319 e. The van der Waals surface area contributed by atoms with Gasteiger partial charge >= 0.3 is 0 Å². The molecule has 6 heteroatoms. The molecular formula is C14H20BrN5. The van der Waals surface area contributed by atoms with Crippen LogP contribution in [0.25, 0.3) is 0 Å². The van der Waals surface area contributed by atoms with Gasteiger partial charge in [0.25, 0.3) is 0 Å². The van der Waals surface area contributed by atoms with Crippen molar-refractivity contribution in [3.8, 4) is 0 Å². The van der Waals surface area contributed by atoms with Crippen LogP contribution < -0.4 is 5.73 Å². The Morgan fingerprint density at radius 3 is 2.65 bits per heavy atom. The monoisotopic (exact) mass is 337 g/mol. The Morgan fingerprint density at radius 1 is 1.35 bits per heavy atom. The summed E-state index contributed by atoms with van der Waals surface area (Å²) in [4.78, 5) is 0. The van der Waals surface area contributed by atoms with Crippen molar-refractivity contribution in [1.82, 2.24) is 20.0 Å². The van der Waals surface area contributed by atoms with Crippen molar-refractivity contribution in [3.63, 3.8) is 0 Å². The molecule has 0 fully saturated rings. The van der Waals surface area contributed by atoms with Crippen molar-refractivity contribution in [2.75, 3.05) is 0 Å². The first kappa shape index (κ1) is 15.1. The number of rotatable bonds is 4. The maximum atomic E-state index is 6.49. The van der Waals surface area contributed by atoms with E-state index in [0.717, 1.165) is 33.5 Å². The first-order chi connectivity index (χ1) is 9.45. The van der Waals surface area contributed by atoms with Crippen LogP contribution in [0.3, 0.4) is 0 Å². The molecule has 1 atom stereocenters. The Morgan fingerprint density at radius 2 is 2.05 bits per heavy atom. The summed E-state index contributed by atoms with van der Waals surface area (Å²) < 4.78 is 2.87. The average Bonchev–Trinajstić information content (AvgIpc) is 2.80. The van der Waals surface area contributed by atoms with Gasteiger partial charge in [-0.2, -0.15) is 15.3 Å². The molecule has 2 rings (SSSR count).